The summed E-state index contributed by atoms with van der Waals surface area (Å²) in [6.45, 7) is 3.48. The van der Waals surface area contributed by atoms with Crippen molar-refractivity contribution < 1.29 is 9.47 Å². The van der Waals surface area contributed by atoms with Gasteiger partial charge in [-0.15, -0.1) is 0 Å². The molecule has 1 atom stereocenters. The number of aromatic nitrogens is 7. The number of fused-ring (bicyclic) bond motifs is 2. The molecular formula is C25H25N9O2. The number of benzene rings is 1. The zero-order valence-electron chi connectivity index (χ0n) is 20.0. The third kappa shape index (κ3) is 4.36. The Labute approximate surface area is 207 Å². The molecule has 1 N–H and O–H groups in total. The lowest BCUT2D eigenvalue weighted by molar-refractivity contribution is 0.0803. The fourth-order valence-electron chi connectivity index (χ4n) is 4.26. The molecule has 36 heavy (non-hydrogen) atoms. The van der Waals surface area contributed by atoms with Crippen LogP contribution in [0.25, 0.3) is 16.7 Å². The van der Waals surface area contributed by atoms with Gasteiger partial charge in [0.1, 0.15) is 35.2 Å². The maximum atomic E-state index is 6.09. The first kappa shape index (κ1) is 22.1. The molecule has 4 aromatic heterocycles. The van der Waals surface area contributed by atoms with Gasteiger partial charge in [-0.1, -0.05) is 0 Å². The summed E-state index contributed by atoms with van der Waals surface area (Å²) in [5.74, 6) is 2.68. The van der Waals surface area contributed by atoms with Gasteiger partial charge in [0, 0.05) is 31.6 Å². The second kappa shape index (κ2) is 9.34. The predicted molar refractivity (Wildman–Crippen MR) is 135 cm³/mol. The van der Waals surface area contributed by atoms with Gasteiger partial charge in [-0.05, 0) is 49.6 Å². The molecule has 0 amide bonds. The number of anilines is 3. The van der Waals surface area contributed by atoms with E-state index in [1.165, 1.54) is 12.7 Å². The van der Waals surface area contributed by atoms with Crippen LogP contribution in [0.2, 0.25) is 0 Å². The summed E-state index contributed by atoms with van der Waals surface area (Å²) in [7, 11) is 2.00. The summed E-state index contributed by atoms with van der Waals surface area (Å²) in [6, 6.07) is 9.82. The van der Waals surface area contributed by atoms with E-state index in [-0.39, 0.29) is 6.04 Å². The molecule has 0 unspecified atom stereocenters. The van der Waals surface area contributed by atoms with Crippen molar-refractivity contribution in [2.75, 3.05) is 30.5 Å². The standard InChI is InChI=1S/C25H25N9O2/c1-16-10-17(5-6-21(16)36-19-7-8-34-22(11-19)28-15-30-34)31-24-23-20(27-14-29-24)12-26-25(32-23)33(2)18-4-3-9-35-13-18/h5-8,10-12,14-15,18H,3-4,9,13H2,1-2H3,(H,27,29,31)/t18-/m0/s1. The van der Waals surface area contributed by atoms with E-state index in [0.717, 1.165) is 42.1 Å². The molecule has 0 bridgehead atoms. The van der Waals surface area contributed by atoms with Crippen molar-refractivity contribution in [2.45, 2.75) is 25.8 Å². The van der Waals surface area contributed by atoms with E-state index in [1.54, 1.807) is 10.7 Å². The monoisotopic (exact) mass is 483 g/mol. The minimum atomic E-state index is 0.248. The van der Waals surface area contributed by atoms with Gasteiger partial charge in [-0.2, -0.15) is 5.10 Å². The van der Waals surface area contributed by atoms with Crippen molar-refractivity contribution in [3.05, 3.63) is 60.9 Å². The number of nitrogens with zero attached hydrogens (tertiary/aromatic N) is 8. The Bertz CT molecular complexity index is 1530. The summed E-state index contributed by atoms with van der Waals surface area (Å²) < 4.78 is 13.4. The Morgan fingerprint density at radius 2 is 2.06 bits per heavy atom. The third-order valence-electron chi connectivity index (χ3n) is 6.28. The highest BCUT2D eigenvalue weighted by Gasteiger charge is 2.21. The Morgan fingerprint density at radius 1 is 1.11 bits per heavy atom. The molecule has 0 spiro atoms. The minimum Gasteiger partial charge on any atom is -0.457 e. The second-order valence-corrected chi connectivity index (χ2v) is 8.74. The van der Waals surface area contributed by atoms with Crippen LogP contribution in [-0.4, -0.2) is 60.8 Å². The molecule has 6 rings (SSSR count). The molecule has 5 aromatic rings. The molecule has 1 saturated heterocycles. The van der Waals surface area contributed by atoms with E-state index in [4.69, 9.17) is 14.5 Å². The lowest BCUT2D eigenvalue weighted by Crippen LogP contribution is -2.39. The van der Waals surface area contributed by atoms with Crippen molar-refractivity contribution in [2.24, 2.45) is 0 Å². The topological polar surface area (TPSA) is 115 Å². The van der Waals surface area contributed by atoms with E-state index in [2.05, 4.69) is 35.3 Å². The molecule has 1 aliphatic rings. The van der Waals surface area contributed by atoms with Gasteiger partial charge in [-0.25, -0.2) is 29.4 Å². The van der Waals surface area contributed by atoms with E-state index in [0.29, 0.717) is 35.2 Å². The van der Waals surface area contributed by atoms with Crippen molar-refractivity contribution >= 4 is 34.1 Å². The van der Waals surface area contributed by atoms with Gasteiger partial charge in [0.15, 0.2) is 11.5 Å². The first-order chi connectivity index (χ1) is 17.6. The number of likely N-dealkylation sites (N-methyl/N-ethyl adjacent to an activating group) is 1. The Hall–Kier alpha value is -4.38. The van der Waals surface area contributed by atoms with Gasteiger partial charge in [0.25, 0.3) is 0 Å². The Balaban J connectivity index is 1.24. The third-order valence-corrected chi connectivity index (χ3v) is 6.28. The van der Waals surface area contributed by atoms with Gasteiger partial charge in [0.2, 0.25) is 5.95 Å². The second-order valence-electron chi connectivity index (χ2n) is 8.74. The number of hydrogen-bond acceptors (Lipinski definition) is 10. The molecule has 1 aromatic carbocycles. The molecule has 11 heteroatoms. The highest BCUT2D eigenvalue weighted by Crippen LogP contribution is 2.30. The Kier molecular flexibility index (Phi) is 5.74. The van der Waals surface area contributed by atoms with Gasteiger partial charge >= 0.3 is 0 Å². The first-order valence-electron chi connectivity index (χ1n) is 11.8. The smallest absolute Gasteiger partial charge is 0.226 e. The van der Waals surface area contributed by atoms with Crippen molar-refractivity contribution in [1.82, 2.24) is 34.5 Å². The molecule has 0 saturated carbocycles. The maximum Gasteiger partial charge on any atom is 0.226 e. The van der Waals surface area contributed by atoms with Crippen LogP contribution in [-0.2, 0) is 4.74 Å². The van der Waals surface area contributed by atoms with E-state index < -0.39 is 0 Å². The summed E-state index contributed by atoms with van der Waals surface area (Å²) >= 11 is 0. The van der Waals surface area contributed by atoms with Crippen molar-refractivity contribution in [3.8, 4) is 11.5 Å². The molecule has 0 aliphatic carbocycles. The molecule has 1 aliphatic heterocycles. The van der Waals surface area contributed by atoms with Crippen LogP contribution in [0.5, 0.6) is 11.5 Å². The summed E-state index contributed by atoms with van der Waals surface area (Å²) in [4.78, 5) is 24.4. The SMILES string of the molecule is Cc1cc(Nc2ncnc3cnc(N(C)[C@H]4CCCOC4)nc23)ccc1Oc1ccn2ncnc2c1. The number of rotatable bonds is 6. The molecule has 5 heterocycles. The van der Waals surface area contributed by atoms with Crippen LogP contribution in [0.1, 0.15) is 18.4 Å². The van der Waals surface area contributed by atoms with Crippen LogP contribution >= 0.6 is 0 Å². The van der Waals surface area contributed by atoms with Crippen molar-refractivity contribution in [1.29, 1.82) is 0 Å². The molecule has 11 nitrogen and oxygen atoms in total. The zero-order valence-corrected chi connectivity index (χ0v) is 20.0. The van der Waals surface area contributed by atoms with E-state index in [1.807, 2.05) is 50.5 Å². The van der Waals surface area contributed by atoms with E-state index in [9.17, 15) is 0 Å². The fourth-order valence-corrected chi connectivity index (χ4v) is 4.26. The van der Waals surface area contributed by atoms with Crippen LogP contribution in [0, 0.1) is 6.92 Å². The summed E-state index contributed by atoms with van der Waals surface area (Å²) in [5, 5.41) is 7.49. The van der Waals surface area contributed by atoms with Crippen LogP contribution in [0.4, 0.5) is 17.5 Å². The number of nitrogens with one attached hydrogen (secondary N) is 1. The van der Waals surface area contributed by atoms with Crippen LogP contribution < -0.4 is 15.0 Å². The summed E-state index contributed by atoms with van der Waals surface area (Å²) in [5.41, 5.74) is 3.88. The van der Waals surface area contributed by atoms with Gasteiger partial charge in [0.05, 0.1) is 18.8 Å². The van der Waals surface area contributed by atoms with E-state index >= 15 is 0 Å². The first-order valence-corrected chi connectivity index (χ1v) is 11.8. The van der Waals surface area contributed by atoms with Crippen LogP contribution in [0.15, 0.2) is 55.4 Å². The average Bonchev–Trinajstić information content (AvgIpc) is 3.38. The van der Waals surface area contributed by atoms with Gasteiger partial charge < -0.3 is 19.7 Å². The molecular weight excluding hydrogens is 458 g/mol. The number of ether oxygens (including phenoxy) is 2. The lowest BCUT2D eigenvalue weighted by Gasteiger charge is -2.31. The fraction of sp³-hybridized carbons (Fsp3) is 0.280. The highest BCUT2D eigenvalue weighted by atomic mass is 16.5. The predicted octanol–water partition coefficient (Wildman–Crippen LogP) is 3.92. The van der Waals surface area contributed by atoms with Crippen LogP contribution in [0.3, 0.4) is 0 Å². The van der Waals surface area contributed by atoms with Crippen molar-refractivity contribution in [3.63, 3.8) is 0 Å². The zero-order chi connectivity index (χ0) is 24.5. The summed E-state index contributed by atoms with van der Waals surface area (Å²) in [6.07, 6.45) is 8.66. The quantitative estimate of drug-likeness (QED) is 0.381. The number of hydrogen-bond donors (Lipinski definition) is 1. The average molecular weight is 484 g/mol. The largest absolute Gasteiger partial charge is 0.457 e. The molecule has 1 fully saturated rings. The number of aryl methyl sites for hydroxylation is 1. The molecule has 0 radical (unpaired) electrons. The number of pyridine rings is 1. The van der Waals surface area contributed by atoms with Gasteiger partial charge in [-0.3, -0.25) is 0 Å². The maximum absolute atomic E-state index is 6.09. The molecule has 182 valence electrons. The normalized spacial score (nSPS) is 15.8. The highest BCUT2D eigenvalue weighted by molar-refractivity contribution is 5.87. The minimum absolute atomic E-state index is 0.248. The lowest BCUT2D eigenvalue weighted by atomic mass is 10.1. The Morgan fingerprint density at radius 3 is 2.92 bits per heavy atom.